The van der Waals surface area contributed by atoms with Crippen LogP contribution in [0.2, 0.25) is 0 Å². The highest BCUT2D eigenvalue weighted by atomic mass is 32.1. The van der Waals surface area contributed by atoms with E-state index in [-0.39, 0.29) is 17.3 Å². The molecule has 0 aliphatic heterocycles. The Morgan fingerprint density at radius 1 is 1.62 bits per heavy atom. The van der Waals surface area contributed by atoms with Crippen molar-refractivity contribution in [2.45, 2.75) is 6.92 Å². The molecule has 0 bridgehead atoms. The van der Waals surface area contributed by atoms with Crippen LogP contribution in [-0.2, 0) is 14.4 Å². The van der Waals surface area contributed by atoms with Gasteiger partial charge in [-0.2, -0.15) is 0 Å². The Kier molecular flexibility index (Phi) is 3.95. The number of nitrogens with one attached hydrogen (secondary N) is 1. The van der Waals surface area contributed by atoms with Gasteiger partial charge in [-0.15, -0.1) is 11.3 Å². The third-order valence-corrected chi connectivity index (χ3v) is 2.20. The number of rotatable bonds is 4. The van der Waals surface area contributed by atoms with E-state index in [9.17, 15) is 9.59 Å². The minimum absolute atomic E-state index is 0.0876. The molecular formula is C8H10N4O3S. The third-order valence-electron chi connectivity index (χ3n) is 1.45. The van der Waals surface area contributed by atoms with Crippen molar-refractivity contribution in [3.8, 4) is 0 Å². The van der Waals surface area contributed by atoms with Gasteiger partial charge in [0.15, 0.2) is 10.8 Å². The molecule has 1 aromatic heterocycles. The molecule has 0 saturated heterocycles. The maximum absolute atomic E-state index is 11.0. The fraction of sp³-hybridized carbons (Fsp3) is 0.250. The number of nitrogens with zero attached hydrogens (tertiary/aromatic N) is 2. The van der Waals surface area contributed by atoms with E-state index in [2.05, 4.69) is 20.3 Å². The van der Waals surface area contributed by atoms with Gasteiger partial charge in [-0.25, -0.2) is 4.98 Å². The van der Waals surface area contributed by atoms with Gasteiger partial charge in [0, 0.05) is 12.3 Å². The third kappa shape index (κ3) is 3.02. The zero-order valence-electron chi connectivity index (χ0n) is 8.68. The number of anilines is 1. The fourth-order valence-electron chi connectivity index (χ4n) is 0.900. The van der Waals surface area contributed by atoms with E-state index in [4.69, 9.17) is 5.73 Å². The molecule has 1 rings (SSSR count). The molecule has 86 valence electrons. The minimum Gasteiger partial charge on any atom is -0.398 e. The Hall–Kier alpha value is -1.96. The Bertz CT molecular complexity index is 440. The summed E-state index contributed by atoms with van der Waals surface area (Å²) in [7, 11) is 1.30. The van der Waals surface area contributed by atoms with E-state index in [1.54, 1.807) is 5.38 Å². The first kappa shape index (κ1) is 12.1. The van der Waals surface area contributed by atoms with Crippen molar-refractivity contribution >= 4 is 34.0 Å². The van der Waals surface area contributed by atoms with Gasteiger partial charge in [0.2, 0.25) is 5.91 Å². The van der Waals surface area contributed by atoms with E-state index < -0.39 is 5.91 Å². The van der Waals surface area contributed by atoms with Crippen molar-refractivity contribution < 1.29 is 14.4 Å². The van der Waals surface area contributed by atoms with Crippen LogP contribution in [0, 0.1) is 0 Å². The van der Waals surface area contributed by atoms with Crippen molar-refractivity contribution in [1.82, 2.24) is 4.98 Å². The lowest BCUT2D eigenvalue weighted by molar-refractivity contribution is -0.114. The number of oxime groups is 1. The molecule has 0 fully saturated rings. The second-order valence-electron chi connectivity index (χ2n) is 2.71. The summed E-state index contributed by atoms with van der Waals surface area (Å²) in [4.78, 5) is 30.2. The molecule has 2 amide bonds. The summed E-state index contributed by atoms with van der Waals surface area (Å²) in [6.07, 6.45) is 0. The van der Waals surface area contributed by atoms with Crippen molar-refractivity contribution in [3.63, 3.8) is 0 Å². The number of carbonyl (C=O) groups excluding carboxylic acids is 2. The normalized spacial score (nSPS) is 11.0. The lowest BCUT2D eigenvalue weighted by Gasteiger charge is -1.96. The molecule has 0 radical (unpaired) electrons. The number of primary amides is 1. The summed E-state index contributed by atoms with van der Waals surface area (Å²) in [5, 5.41) is 7.86. The summed E-state index contributed by atoms with van der Waals surface area (Å²) in [6.45, 7) is 1.36. The van der Waals surface area contributed by atoms with E-state index >= 15 is 0 Å². The smallest absolute Gasteiger partial charge is 0.273 e. The molecule has 1 aromatic rings. The Labute approximate surface area is 95.3 Å². The van der Waals surface area contributed by atoms with Crippen molar-refractivity contribution in [2.75, 3.05) is 12.4 Å². The van der Waals surface area contributed by atoms with Crippen LogP contribution < -0.4 is 11.1 Å². The van der Waals surface area contributed by atoms with E-state index in [0.717, 1.165) is 11.3 Å². The van der Waals surface area contributed by atoms with Gasteiger partial charge in [-0.3, -0.25) is 9.59 Å². The monoisotopic (exact) mass is 242 g/mol. The lowest BCUT2D eigenvalue weighted by atomic mass is 10.3. The first-order valence-electron chi connectivity index (χ1n) is 4.19. The van der Waals surface area contributed by atoms with Crippen LogP contribution in [0.3, 0.4) is 0 Å². The van der Waals surface area contributed by atoms with Crippen LogP contribution >= 0.6 is 11.3 Å². The first-order valence-corrected chi connectivity index (χ1v) is 5.07. The van der Waals surface area contributed by atoms with Gasteiger partial charge in [-0.1, -0.05) is 5.16 Å². The number of nitrogens with two attached hydrogens (primary N) is 1. The van der Waals surface area contributed by atoms with E-state index in [0.29, 0.717) is 5.13 Å². The molecular weight excluding hydrogens is 232 g/mol. The molecule has 16 heavy (non-hydrogen) atoms. The van der Waals surface area contributed by atoms with Gasteiger partial charge < -0.3 is 15.9 Å². The standard InChI is InChI=1S/C8H10N4O3S/c1-4(13)10-8-11-5(3-16-8)6(7(9)14)12-15-2/h3H,1-2H3,(H2,9,14)(H,10,11,13)/b12-6-. The molecule has 3 N–H and O–H groups in total. The van der Waals surface area contributed by atoms with Gasteiger partial charge in [0.05, 0.1) is 0 Å². The van der Waals surface area contributed by atoms with Gasteiger partial charge >= 0.3 is 0 Å². The SMILES string of the molecule is CO/N=C(\C(N)=O)c1csc(NC(C)=O)n1. The number of amides is 2. The average molecular weight is 242 g/mol. The van der Waals surface area contributed by atoms with Crippen LogP contribution in [0.4, 0.5) is 5.13 Å². The molecule has 7 nitrogen and oxygen atoms in total. The molecule has 0 atom stereocenters. The van der Waals surface area contributed by atoms with Crippen LogP contribution in [0.25, 0.3) is 0 Å². The largest absolute Gasteiger partial charge is 0.398 e. The predicted molar refractivity (Wildman–Crippen MR) is 59.2 cm³/mol. The van der Waals surface area contributed by atoms with E-state index in [1.807, 2.05) is 0 Å². The molecule has 0 unspecified atom stereocenters. The Morgan fingerprint density at radius 2 is 2.31 bits per heavy atom. The Morgan fingerprint density at radius 3 is 2.81 bits per heavy atom. The maximum atomic E-state index is 11.0. The predicted octanol–water partition coefficient (Wildman–Crippen LogP) is -0.0627. The van der Waals surface area contributed by atoms with Crippen molar-refractivity contribution in [3.05, 3.63) is 11.1 Å². The molecule has 0 saturated carbocycles. The van der Waals surface area contributed by atoms with Crippen LogP contribution in [0.5, 0.6) is 0 Å². The summed E-state index contributed by atoms with van der Waals surface area (Å²) < 4.78 is 0. The van der Waals surface area contributed by atoms with Gasteiger partial charge in [0.1, 0.15) is 12.8 Å². The second kappa shape index (κ2) is 5.21. The Balaban J connectivity index is 2.95. The zero-order chi connectivity index (χ0) is 12.1. The number of hydrogen-bond donors (Lipinski definition) is 2. The highest BCUT2D eigenvalue weighted by Gasteiger charge is 2.15. The zero-order valence-corrected chi connectivity index (χ0v) is 9.50. The van der Waals surface area contributed by atoms with E-state index in [1.165, 1.54) is 14.0 Å². The maximum Gasteiger partial charge on any atom is 0.273 e. The molecule has 0 aliphatic carbocycles. The highest BCUT2D eigenvalue weighted by Crippen LogP contribution is 2.15. The average Bonchev–Trinajstić information content (AvgIpc) is 2.60. The quantitative estimate of drug-likeness (QED) is 0.569. The van der Waals surface area contributed by atoms with Crippen molar-refractivity contribution in [2.24, 2.45) is 10.9 Å². The molecule has 8 heteroatoms. The number of carbonyl (C=O) groups is 2. The summed E-state index contributed by atoms with van der Waals surface area (Å²) >= 11 is 1.16. The highest BCUT2D eigenvalue weighted by molar-refractivity contribution is 7.14. The fourth-order valence-corrected chi connectivity index (χ4v) is 1.64. The van der Waals surface area contributed by atoms with Crippen molar-refractivity contribution in [1.29, 1.82) is 0 Å². The molecule has 0 aromatic carbocycles. The summed E-state index contributed by atoms with van der Waals surface area (Å²) in [5.74, 6) is -0.994. The second-order valence-corrected chi connectivity index (χ2v) is 3.56. The summed E-state index contributed by atoms with van der Waals surface area (Å²) in [6, 6.07) is 0. The first-order chi connectivity index (χ1) is 7.54. The van der Waals surface area contributed by atoms with Gasteiger partial charge in [-0.05, 0) is 0 Å². The number of hydrogen-bond acceptors (Lipinski definition) is 6. The van der Waals surface area contributed by atoms with Crippen LogP contribution in [-0.4, -0.2) is 29.6 Å². The lowest BCUT2D eigenvalue weighted by Crippen LogP contribution is -2.24. The minimum atomic E-state index is -0.749. The molecule has 1 heterocycles. The van der Waals surface area contributed by atoms with Crippen LogP contribution in [0.1, 0.15) is 12.6 Å². The molecule has 0 spiro atoms. The number of aromatic nitrogens is 1. The molecule has 0 aliphatic rings. The number of thiazole rings is 1. The summed E-state index contributed by atoms with van der Waals surface area (Å²) in [5.41, 5.74) is 5.27. The van der Waals surface area contributed by atoms with Crippen LogP contribution in [0.15, 0.2) is 10.5 Å². The topological polar surface area (TPSA) is 107 Å². The van der Waals surface area contributed by atoms with Gasteiger partial charge in [0.25, 0.3) is 5.91 Å².